The molecule has 5 heteroatoms. The molecule has 0 atom stereocenters. The predicted octanol–water partition coefficient (Wildman–Crippen LogP) is 4.14. The number of benzene rings is 1. The van der Waals surface area contributed by atoms with Crippen LogP contribution in [-0.2, 0) is 6.54 Å². The molecule has 0 amide bonds. The van der Waals surface area contributed by atoms with E-state index in [4.69, 9.17) is 0 Å². The number of hydrogen-bond donors (Lipinski definition) is 1. The normalized spacial score (nSPS) is 11.0. The molecule has 0 aliphatic rings. The highest BCUT2D eigenvalue weighted by atomic mass is 79.9. The predicted molar refractivity (Wildman–Crippen MR) is 86.8 cm³/mol. The van der Waals surface area contributed by atoms with Crippen molar-refractivity contribution < 1.29 is 0 Å². The Hall–Kier alpha value is -0.910. The first-order chi connectivity index (χ1) is 9.65. The second-order valence-electron chi connectivity index (χ2n) is 4.92. The molecule has 106 valence electrons. The molecule has 20 heavy (non-hydrogen) atoms. The van der Waals surface area contributed by atoms with E-state index in [9.17, 15) is 0 Å². The third-order valence-electron chi connectivity index (χ3n) is 2.65. The lowest BCUT2D eigenvalue weighted by molar-refractivity contribution is 0.550. The van der Waals surface area contributed by atoms with E-state index >= 15 is 0 Å². The van der Waals surface area contributed by atoms with E-state index in [1.165, 1.54) is 10.5 Å². The molecule has 0 unspecified atom stereocenters. The van der Waals surface area contributed by atoms with Gasteiger partial charge in [-0.2, -0.15) is 0 Å². The number of nitrogens with one attached hydrogen (secondary N) is 1. The van der Waals surface area contributed by atoms with Crippen molar-refractivity contribution in [3.05, 3.63) is 46.8 Å². The Morgan fingerprint density at radius 2 is 2.15 bits per heavy atom. The zero-order valence-corrected chi connectivity index (χ0v) is 14.0. The third kappa shape index (κ3) is 4.89. The van der Waals surface area contributed by atoms with Gasteiger partial charge in [0.2, 0.25) is 0 Å². The van der Waals surface area contributed by atoms with E-state index in [-0.39, 0.29) is 0 Å². The summed E-state index contributed by atoms with van der Waals surface area (Å²) in [6, 6.07) is 6.36. The largest absolute Gasteiger partial charge is 0.312 e. The fourth-order valence-electron chi connectivity index (χ4n) is 1.72. The minimum Gasteiger partial charge on any atom is -0.312 e. The quantitative estimate of drug-likeness (QED) is 0.848. The second-order valence-corrected chi connectivity index (χ2v) is 6.90. The lowest BCUT2D eigenvalue weighted by Crippen LogP contribution is -2.19. The summed E-state index contributed by atoms with van der Waals surface area (Å²) in [5, 5.41) is 4.39. The van der Waals surface area contributed by atoms with Crippen molar-refractivity contribution in [2.24, 2.45) is 5.92 Å². The first-order valence-corrected chi connectivity index (χ1v) is 8.19. The first-order valence-electron chi connectivity index (χ1n) is 6.58. The lowest BCUT2D eigenvalue weighted by Gasteiger charge is -2.12. The average molecular weight is 352 g/mol. The summed E-state index contributed by atoms with van der Waals surface area (Å²) in [7, 11) is 0. The van der Waals surface area contributed by atoms with Gasteiger partial charge in [0, 0.05) is 28.3 Å². The topological polar surface area (TPSA) is 37.8 Å². The van der Waals surface area contributed by atoms with Crippen LogP contribution in [0.5, 0.6) is 0 Å². The minimum absolute atomic E-state index is 0.654. The van der Waals surface area contributed by atoms with Crippen LogP contribution >= 0.6 is 27.7 Å². The van der Waals surface area contributed by atoms with Gasteiger partial charge in [-0.1, -0.05) is 47.6 Å². The Morgan fingerprint density at radius 1 is 1.30 bits per heavy atom. The van der Waals surface area contributed by atoms with Gasteiger partial charge in [0.25, 0.3) is 0 Å². The Bertz CT molecular complexity index is 546. The van der Waals surface area contributed by atoms with E-state index < -0.39 is 0 Å². The van der Waals surface area contributed by atoms with Gasteiger partial charge in [0.1, 0.15) is 5.03 Å². The van der Waals surface area contributed by atoms with Crippen LogP contribution in [0.3, 0.4) is 0 Å². The minimum atomic E-state index is 0.654. The van der Waals surface area contributed by atoms with Crippen LogP contribution in [0.25, 0.3) is 0 Å². The molecule has 0 saturated heterocycles. The van der Waals surface area contributed by atoms with E-state index in [1.807, 2.05) is 0 Å². The maximum atomic E-state index is 4.32. The molecular formula is C15H18BrN3S. The van der Waals surface area contributed by atoms with Gasteiger partial charge < -0.3 is 5.32 Å². The summed E-state index contributed by atoms with van der Waals surface area (Å²) in [6.45, 7) is 6.31. The number of nitrogens with zero attached hydrogens (tertiary/aromatic N) is 2. The van der Waals surface area contributed by atoms with Gasteiger partial charge in [-0.25, -0.2) is 4.98 Å². The molecule has 3 nitrogen and oxygen atoms in total. The van der Waals surface area contributed by atoms with Gasteiger partial charge >= 0.3 is 0 Å². The number of hydrogen-bond acceptors (Lipinski definition) is 4. The Kier molecular flexibility index (Phi) is 6.01. The smallest absolute Gasteiger partial charge is 0.119 e. The summed E-state index contributed by atoms with van der Waals surface area (Å²) in [5.41, 5.74) is 1.28. The molecule has 2 rings (SSSR count). The van der Waals surface area contributed by atoms with E-state index in [2.05, 4.69) is 63.3 Å². The number of aromatic nitrogens is 2. The third-order valence-corrected chi connectivity index (χ3v) is 4.16. The summed E-state index contributed by atoms with van der Waals surface area (Å²) < 4.78 is 1.08. The standard InChI is InChI=1S/C15H18BrN3S/c1-11(2)8-18-9-12-3-4-13(16)7-14(12)20-15-10-17-5-6-19-15/h3-7,10-11,18H,8-9H2,1-2H3. The molecular weight excluding hydrogens is 334 g/mol. The molecule has 1 aromatic heterocycles. The molecule has 0 saturated carbocycles. The highest BCUT2D eigenvalue weighted by Crippen LogP contribution is 2.31. The van der Waals surface area contributed by atoms with Crippen molar-refractivity contribution in [2.75, 3.05) is 6.54 Å². The van der Waals surface area contributed by atoms with Crippen molar-refractivity contribution >= 4 is 27.7 Å². The maximum Gasteiger partial charge on any atom is 0.119 e. The van der Waals surface area contributed by atoms with Crippen molar-refractivity contribution in [1.29, 1.82) is 0 Å². The van der Waals surface area contributed by atoms with Crippen LogP contribution in [0.15, 0.2) is 51.2 Å². The maximum absolute atomic E-state index is 4.32. The molecule has 0 aliphatic carbocycles. The molecule has 0 radical (unpaired) electrons. The fraction of sp³-hybridized carbons (Fsp3) is 0.333. The van der Waals surface area contributed by atoms with E-state index in [0.717, 1.165) is 22.6 Å². The molecule has 1 heterocycles. The summed E-state index contributed by atoms with van der Waals surface area (Å²) >= 11 is 5.17. The van der Waals surface area contributed by atoms with Crippen molar-refractivity contribution in [3.8, 4) is 0 Å². The molecule has 2 aromatic rings. The SMILES string of the molecule is CC(C)CNCc1ccc(Br)cc1Sc1cnccn1. The Balaban J connectivity index is 2.11. The zero-order valence-electron chi connectivity index (χ0n) is 11.6. The lowest BCUT2D eigenvalue weighted by atomic mass is 10.2. The molecule has 1 aromatic carbocycles. The zero-order chi connectivity index (χ0) is 14.4. The van der Waals surface area contributed by atoms with Crippen molar-refractivity contribution in [1.82, 2.24) is 15.3 Å². The summed E-state index contributed by atoms with van der Waals surface area (Å²) in [6.07, 6.45) is 5.20. The monoisotopic (exact) mass is 351 g/mol. The molecule has 0 aliphatic heterocycles. The van der Waals surface area contributed by atoms with Crippen LogP contribution in [0.2, 0.25) is 0 Å². The van der Waals surface area contributed by atoms with Crippen LogP contribution < -0.4 is 5.32 Å². The summed E-state index contributed by atoms with van der Waals surface area (Å²) in [5.74, 6) is 0.654. The van der Waals surface area contributed by atoms with Gasteiger partial charge in [0.05, 0.1) is 6.20 Å². The molecule has 0 bridgehead atoms. The van der Waals surface area contributed by atoms with Crippen molar-refractivity contribution in [2.45, 2.75) is 30.3 Å². The number of rotatable bonds is 6. The van der Waals surface area contributed by atoms with Gasteiger partial charge in [-0.05, 0) is 30.2 Å². The average Bonchev–Trinajstić information content (AvgIpc) is 2.42. The second kappa shape index (κ2) is 7.76. The fourth-order valence-corrected chi connectivity index (χ4v) is 3.14. The highest BCUT2D eigenvalue weighted by molar-refractivity contribution is 9.10. The molecule has 0 fully saturated rings. The highest BCUT2D eigenvalue weighted by Gasteiger charge is 2.07. The van der Waals surface area contributed by atoms with Crippen LogP contribution in [0, 0.1) is 5.92 Å². The van der Waals surface area contributed by atoms with Gasteiger partial charge in [-0.15, -0.1) is 0 Å². The van der Waals surface area contributed by atoms with Crippen LogP contribution in [-0.4, -0.2) is 16.5 Å². The molecule has 1 N–H and O–H groups in total. The van der Waals surface area contributed by atoms with E-state index in [0.29, 0.717) is 5.92 Å². The van der Waals surface area contributed by atoms with Crippen LogP contribution in [0.4, 0.5) is 0 Å². The first kappa shape index (κ1) is 15.5. The number of halogens is 1. The van der Waals surface area contributed by atoms with Crippen LogP contribution in [0.1, 0.15) is 19.4 Å². The van der Waals surface area contributed by atoms with Gasteiger partial charge in [-0.3, -0.25) is 4.98 Å². The Labute approximate surface area is 132 Å². The van der Waals surface area contributed by atoms with Crippen molar-refractivity contribution in [3.63, 3.8) is 0 Å². The summed E-state index contributed by atoms with van der Waals surface area (Å²) in [4.78, 5) is 9.63. The Morgan fingerprint density at radius 3 is 2.85 bits per heavy atom. The van der Waals surface area contributed by atoms with Gasteiger partial charge in [0.15, 0.2) is 0 Å². The molecule has 0 spiro atoms. The van der Waals surface area contributed by atoms with E-state index in [1.54, 1.807) is 30.4 Å².